The van der Waals surface area contributed by atoms with Crippen LogP contribution in [0.4, 0.5) is 5.95 Å². The molecule has 2 aromatic carbocycles. The predicted octanol–water partition coefficient (Wildman–Crippen LogP) is 3.80. The molecule has 2 aromatic heterocycles. The van der Waals surface area contributed by atoms with Gasteiger partial charge in [-0.1, -0.05) is 42.5 Å². The summed E-state index contributed by atoms with van der Waals surface area (Å²) in [7, 11) is 3.71. The van der Waals surface area contributed by atoms with Crippen LogP contribution in [-0.2, 0) is 6.42 Å². The van der Waals surface area contributed by atoms with Gasteiger partial charge in [-0.05, 0) is 36.8 Å². The van der Waals surface area contributed by atoms with Crippen molar-refractivity contribution in [1.29, 1.82) is 0 Å². The zero-order valence-corrected chi connectivity index (χ0v) is 18.5. The number of hydrazine groups is 1. The highest BCUT2D eigenvalue weighted by atomic mass is 16.2. The van der Waals surface area contributed by atoms with E-state index in [1.54, 1.807) is 10.0 Å². The van der Waals surface area contributed by atoms with E-state index in [1.165, 1.54) is 0 Å². The molecule has 7 nitrogen and oxygen atoms in total. The van der Waals surface area contributed by atoms with Crippen molar-refractivity contribution in [2.45, 2.75) is 13.3 Å². The topological polar surface area (TPSA) is 88.2 Å². The first-order valence-electron chi connectivity index (χ1n) is 10.5. The molecule has 2 N–H and O–H groups in total. The van der Waals surface area contributed by atoms with E-state index in [2.05, 4.69) is 9.97 Å². The second-order valence-electron chi connectivity index (χ2n) is 7.70. The molecule has 0 aliphatic carbocycles. The van der Waals surface area contributed by atoms with Crippen molar-refractivity contribution in [2.24, 2.45) is 0 Å². The van der Waals surface area contributed by atoms with Crippen molar-refractivity contribution < 1.29 is 4.79 Å². The molecule has 2 heterocycles. The zero-order chi connectivity index (χ0) is 22.7. The Labute approximate surface area is 187 Å². The molecular weight excluding hydrogens is 400 g/mol. The maximum absolute atomic E-state index is 12.9. The molecule has 0 unspecified atom stereocenters. The number of carbonyl (C=O) groups is 1. The zero-order valence-electron chi connectivity index (χ0n) is 18.5. The van der Waals surface area contributed by atoms with Gasteiger partial charge in [-0.2, -0.15) is 0 Å². The molecule has 0 aliphatic heterocycles. The van der Waals surface area contributed by atoms with Gasteiger partial charge in [0.25, 0.3) is 5.91 Å². The lowest BCUT2D eigenvalue weighted by molar-refractivity contribution is 0.0230. The third-order valence-corrected chi connectivity index (χ3v) is 5.27. The molecule has 32 heavy (non-hydrogen) atoms. The first kappa shape index (κ1) is 21.4. The monoisotopic (exact) mass is 426 g/mol. The highest BCUT2D eigenvalue weighted by Gasteiger charge is 2.17. The van der Waals surface area contributed by atoms with Crippen molar-refractivity contribution in [1.82, 2.24) is 25.0 Å². The number of amides is 1. The minimum absolute atomic E-state index is 0.0546. The second-order valence-corrected chi connectivity index (χ2v) is 7.70. The van der Waals surface area contributed by atoms with Crippen molar-refractivity contribution in [3.63, 3.8) is 0 Å². The van der Waals surface area contributed by atoms with Gasteiger partial charge in [-0.15, -0.1) is 0 Å². The summed E-state index contributed by atoms with van der Waals surface area (Å²) in [6, 6.07) is 21.4. The first-order chi connectivity index (χ1) is 15.5. The van der Waals surface area contributed by atoms with E-state index < -0.39 is 0 Å². The summed E-state index contributed by atoms with van der Waals surface area (Å²) in [5.74, 6) is 0.176. The molecule has 0 fully saturated rings. The fourth-order valence-electron chi connectivity index (χ4n) is 3.74. The number of rotatable bonds is 6. The third kappa shape index (κ3) is 4.43. The highest BCUT2D eigenvalue weighted by molar-refractivity contribution is 5.95. The maximum atomic E-state index is 12.9. The molecule has 162 valence electrons. The molecule has 0 bridgehead atoms. The normalized spacial score (nSPS) is 11.1. The van der Waals surface area contributed by atoms with Crippen LogP contribution < -0.4 is 5.73 Å². The number of nitrogens with two attached hydrogens (primary N) is 1. The lowest BCUT2D eigenvalue weighted by atomic mass is 10.1. The predicted molar refractivity (Wildman–Crippen MR) is 127 cm³/mol. The van der Waals surface area contributed by atoms with Crippen molar-refractivity contribution in [2.75, 3.05) is 26.4 Å². The Bertz CT molecular complexity index is 1260. The molecule has 0 saturated carbocycles. The lowest BCUT2D eigenvalue weighted by Gasteiger charge is -2.27. The number of nitrogens with zero attached hydrogens (tertiary/aromatic N) is 5. The second kappa shape index (κ2) is 9.11. The Morgan fingerprint density at radius 1 is 0.938 bits per heavy atom. The van der Waals surface area contributed by atoms with Gasteiger partial charge in [-0.3, -0.25) is 9.80 Å². The van der Waals surface area contributed by atoms with Gasteiger partial charge in [0.1, 0.15) is 5.52 Å². The summed E-state index contributed by atoms with van der Waals surface area (Å²) < 4.78 is 0. The Hall–Kier alpha value is -3.84. The summed E-state index contributed by atoms with van der Waals surface area (Å²) >= 11 is 0. The Balaban J connectivity index is 1.75. The largest absolute Gasteiger partial charge is 0.368 e. The van der Waals surface area contributed by atoms with Crippen LogP contribution in [0.15, 0.2) is 66.7 Å². The van der Waals surface area contributed by atoms with E-state index in [1.807, 2.05) is 87.7 Å². The van der Waals surface area contributed by atoms with Crippen LogP contribution in [0.3, 0.4) is 0 Å². The fourth-order valence-corrected chi connectivity index (χ4v) is 3.74. The quantitative estimate of drug-likeness (QED) is 0.472. The smallest absolute Gasteiger partial charge is 0.268 e. The molecule has 0 spiro atoms. The van der Waals surface area contributed by atoms with Crippen LogP contribution in [0.1, 0.15) is 28.5 Å². The van der Waals surface area contributed by atoms with Gasteiger partial charge in [-0.25, -0.2) is 20.0 Å². The third-order valence-electron chi connectivity index (χ3n) is 5.27. The summed E-state index contributed by atoms with van der Waals surface area (Å²) in [5, 5.41) is 3.47. The number of carbonyl (C=O) groups excluding carboxylic acids is 1. The van der Waals surface area contributed by atoms with Gasteiger partial charge in [0, 0.05) is 38.2 Å². The van der Waals surface area contributed by atoms with Crippen molar-refractivity contribution >= 4 is 22.9 Å². The van der Waals surface area contributed by atoms with Crippen LogP contribution >= 0.6 is 0 Å². The van der Waals surface area contributed by atoms with E-state index >= 15 is 0 Å². The maximum Gasteiger partial charge on any atom is 0.268 e. The van der Waals surface area contributed by atoms with Crippen molar-refractivity contribution in [3.8, 4) is 11.3 Å². The Kier molecular flexibility index (Phi) is 6.09. The van der Waals surface area contributed by atoms with E-state index in [-0.39, 0.29) is 11.9 Å². The van der Waals surface area contributed by atoms with Crippen molar-refractivity contribution in [3.05, 3.63) is 83.6 Å². The number of benzene rings is 2. The van der Waals surface area contributed by atoms with Gasteiger partial charge >= 0.3 is 0 Å². The van der Waals surface area contributed by atoms with Crippen LogP contribution in [0.25, 0.3) is 22.3 Å². The molecule has 7 heteroatoms. The van der Waals surface area contributed by atoms with Crippen LogP contribution in [0, 0.1) is 0 Å². The van der Waals surface area contributed by atoms with E-state index in [0.717, 1.165) is 22.5 Å². The highest BCUT2D eigenvalue weighted by Crippen LogP contribution is 2.25. The van der Waals surface area contributed by atoms with Crippen LogP contribution in [0.2, 0.25) is 0 Å². The molecule has 0 saturated heterocycles. The minimum atomic E-state index is -0.0546. The number of hydrogen-bond acceptors (Lipinski definition) is 6. The average Bonchev–Trinajstić information content (AvgIpc) is 2.79. The van der Waals surface area contributed by atoms with Gasteiger partial charge in [0.15, 0.2) is 0 Å². The molecular formula is C25H26N6O. The molecule has 0 aliphatic rings. The number of hydrogen-bond donors (Lipinski definition) is 1. The summed E-state index contributed by atoms with van der Waals surface area (Å²) in [6.45, 7) is 2.54. The standard InChI is InChI=1S/C25H26N6O/c1-4-31(30(2)3)24(32)19-12-8-11-18(16-19)20-13-14-21-23(27-20)22(29-25(26)28-21)15-17-9-6-5-7-10-17/h5-14,16H,4,15H2,1-3H3,(H2,26,28,29). The van der Waals surface area contributed by atoms with E-state index in [4.69, 9.17) is 10.7 Å². The number of pyridine rings is 1. The van der Waals surface area contributed by atoms with Crippen LogP contribution in [0.5, 0.6) is 0 Å². The number of anilines is 1. The fraction of sp³-hybridized carbons (Fsp3) is 0.200. The molecule has 0 atom stereocenters. The summed E-state index contributed by atoms with van der Waals surface area (Å²) in [5.41, 5.74) is 11.5. The number of nitrogen functional groups attached to an aromatic ring is 1. The van der Waals surface area contributed by atoms with Gasteiger partial charge in [0.2, 0.25) is 5.95 Å². The Morgan fingerprint density at radius 3 is 2.44 bits per heavy atom. The lowest BCUT2D eigenvalue weighted by Crippen LogP contribution is -2.41. The SMILES string of the molecule is CCN(C(=O)c1cccc(-c2ccc3nc(N)nc(Cc4ccccc4)c3n2)c1)N(C)C. The number of aromatic nitrogens is 3. The van der Waals surface area contributed by atoms with Crippen LogP contribution in [-0.4, -0.2) is 51.5 Å². The average molecular weight is 427 g/mol. The molecule has 0 radical (unpaired) electrons. The minimum Gasteiger partial charge on any atom is -0.368 e. The number of fused-ring (bicyclic) bond motifs is 1. The molecule has 1 amide bonds. The van der Waals surface area contributed by atoms with Gasteiger partial charge in [0.05, 0.1) is 16.9 Å². The van der Waals surface area contributed by atoms with E-state index in [0.29, 0.717) is 29.6 Å². The summed E-state index contributed by atoms with van der Waals surface area (Å²) in [6.07, 6.45) is 0.604. The van der Waals surface area contributed by atoms with E-state index in [9.17, 15) is 4.79 Å². The first-order valence-corrected chi connectivity index (χ1v) is 10.5. The molecule has 4 rings (SSSR count). The Morgan fingerprint density at radius 2 is 1.72 bits per heavy atom. The van der Waals surface area contributed by atoms with Gasteiger partial charge < -0.3 is 5.73 Å². The summed E-state index contributed by atoms with van der Waals surface area (Å²) in [4.78, 5) is 26.6. The molecule has 4 aromatic rings.